The molecule has 26 heavy (non-hydrogen) atoms. The van der Waals surface area contributed by atoms with E-state index in [-0.39, 0.29) is 5.60 Å². The number of aromatic nitrogens is 3. The van der Waals surface area contributed by atoms with E-state index in [0.29, 0.717) is 18.4 Å². The molecule has 6 heteroatoms. The van der Waals surface area contributed by atoms with Gasteiger partial charge < -0.3 is 14.1 Å². The Kier molecular flexibility index (Phi) is 3.47. The van der Waals surface area contributed by atoms with E-state index in [0.717, 1.165) is 46.5 Å². The minimum atomic E-state index is -0.187. The van der Waals surface area contributed by atoms with Gasteiger partial charge >= 0.3 is 0 Å². The zero-order valence-electron chi connectivity index (χ0n) is 15.6. The second-order valence-corrected chi connectivity index (χ2v) is 8.19. The smallest absolute Gasteiger partial charge is 0.229 e. The molecule has 0 aromatic carbocycles. The van der Waals surface area contributed by atoms with Gasteiger partial charge in [-0.1, -0.05) is 0 Å². The molecule has 2 aliphatic rings. The molecule has 5 rings (SSSR count). The Labute approximate surface area is 152 Å². The van der Waals surface area contributed by atoms with E-state index in [9.17, 15) is 0 Å². The summed E-state index contributed by atoms with van der Waals surface area (Å²) in [6.07, 6.45) is 6.08. The van der Waals surface area contributed by atoms with Crippen LogP contribution in [0.15, 0.2) is 16.8 Å². The number of fused-ring (bicyclic) bond motifs is 4. The average molecular weight is 352 g/mol. The lowest BCUT2D eigenvalue weighted by Gasteiger charge is -2.34. The summed E-state index contributed by atoms with van der Waals surface area (Å²) in [6.45, 7) is 8.05. The predicted octanol–water partition coefficient (Wildman–Crippen LogP) is 4.00. The van der Waals surface area contributed by atoms with Gasteiger partial charge in [-0.3, -0.25) is 0 Å². The van der Waals surface area contributed by atoms with Gasteiger partial charge in [-0.2, -0.15) is 0 Å². The number of piperidine rings is 1. The van der Waals surface area contributed by atoms with E-state index in [2.05, 4.69) is 41.7 Å². The molecule has 0 bridgehead atoms. The van der Waals surface area contributed by atoms with Gasteiger partial charge in [-0.05, 0) is 46.1 Å². The molecule has 2 aliphatic heterocycles. The summed E-state index contributed by atoms with van der Waals surface area (Å²) in [7, 11) is 0. The number of rotatable bonds is 1. The van der Waals surface area contributed by atoms with E-state index >= 15 is 0 Å². The highest BCUT2D eigenvalue weighted by Gasteiger charge is 2.29. The Hall–Kier alpha value is -2.21. The molecule has 6 nitrogen and oxygen atoms in total. The Morgan fingerprint density at radius 1 is 1.23 bits per heavy atom. The molecule has 1 saturated heterocycles. The van der Waals surface area contributed by atoms with Crippen LogP contribution in [-0.2, 0) is 17.8 Å². The zero-order chi connectivity index (χ0) is 17.9. The molecule has 0 radical (unpaired) electrons. The molecule has 0 N–H and O–H groups in total. The third-order valence-corrected chi connectivity index (χ3v) is 5.68. The molecule has 0 spiro atoms. The molecule has 5 heterocycles. The van der Waals surface area contributed by atoms with Crippen molar-refractivity contribution in [3.8, 4) is 0 Å². The van der Waals surface area contributed by atoms with Crippen molar-refractivity contribution in [1.82, 2.24) is 15.0 Å². The Morgan fingerprint density at radius 3 is 2.96 bits per heavy atom. The predicted molar refractivity (Wildman–Crippen MR) is 100 cm³/mol. The van der Waals surface area contributed by atoms with Crippen molar-refractivity contribution in [2.45, 2.75) is 64.7 Å². The van der Waals surface area contributed by atoms with E-state index in [1.54, 1.807) is 6.33 Å². The molecular weight excluding hydrogens is 328 g/mol. The molecule has 136 valence electrons. The largest absolute Gasteiger partial charge is 0.432 e. The van der Waals surface area contributed by atoms with Crippen LogP contribution in [0.4, 0.5) is 5.82 Å². The maximum atomic E-state index is 6.20. The molecule has 0 unspecified atom stereocenters. The Bertz CT molecular complexity index is 994. The molecule has 1 atom stereocenters. The van der Waals surface area contributed by atoms with Crippen LogP contribution in [0.5, 0.6) is 0 Å². The van der Waals surface area contributed by atoms with Gasteiger partial charge in [-0.25, -0.2) is 15.0 Å². The van der Waals surface area contributed by atoms with Crippen molar-refractivity contribution in [3.63, 3.8) is 0 Å². The van der Waals surface area contributed by atoms with Crippen molar-refractivity contribution in [1.29, 1.82) is 0 Å². The highest BCUT2D eigenvalue weighted by atomic mass is 16.5. The second-order valence-electron chi connectivity index (χ2n) is 8.19. The van der Waals surface area contributed by atoms with E-state index in [1.807, 2.05) is 0 Å². The Balaban J connectivity index is 1.68. The number of anilines is 1. The number of nitrogens with zero attached hydrogens (tertiary/aromatic N) is 4. The summed E-state index contributed by atoms with van der Waals surface area (Å²) in [5.41, 5.74) is 4.27. The monoisotopic (exact) mass is 352 g/mol. The van der Waals surface area contributed by atoms with Crippen LogP contribution in [0.25, 0.3) is 22.2 Å². The third kappa shape index (κ3) is 2.47. The molecule has 0 aliphatic carbocycles. The van der Waals surface area contributed by atoms with E-state index in [4.69, 9.17) is 14.1 Å². The van der Waals surface area contributed by atoms with Crippen LogP contribution >= 0.6 is 0 Å². The normalized spacial score (nSPS) is 22.7. The summed E-state index contributed by atoms with van der Waals surface area (Å²) < 4.78 is 12.2. The molecular formula is C20H24N4O2. The number of hydrogen-bond acceptors (Lipinski definition) is 6. The zero-order valence-corrected chi connectivity index (χ0v) is 15.6. The van der Waals surface area contributed by atoms with Crippen molar-refractivity contribution in [2.75, 3.05) is 11.4 Å². The lowest BCUT2D eigenvalue weighted by Crippen LogP contribution is -2.38. The topological polar surface area (TPSA) is 64.3 Å². The molecule has 0 saturated carbocycles. The fraction of sp³-hybridized carbons (Fsp3) is 0.550. The van der Waals surface area contributed by atoms with Gasteiger partial charge in [0.15, 0.2) is 11.4 Å². The minimum absolute atomic E-state index is 0.187. The maximum absolute atomic E-state index is 6.20. The first kappa shape index (κ1) is 16.0. The Morgan fingerprint density at radius 2 is 2.12 bits per heavy atom. The number of furan rings is 1. The first-order valence-corrected chi connectivity index (χ1v) is 9.48. The van der Waals surface area contributed by atoms with Crippen LogP contribution in [0.2, 0.25) is 0 Å². The molecule has 3 aromatic rings. The van der Waals surface area contributed by atoms with Gasteiger partial charge in [0, 0.05) is 24.6 Å². The molecule has 3 aromatic heterocycles. The number of ether oxygens (including phenoxy) is 1. The average Bonchev–Trinajstić information content (AvgIpc) is 2.97. The highest BCUT2D eigenvalue weighted by Crippen LogP contribution is 2.36. The van der Waals surface area contributed by atoms with Crippen LogP contribution < -0.4 is 4.90 Å². The molecule has 0 amide bonds. The van der Waals surface area contributed by atoms with Crippen molar-refractivity contribution in [2.24, 2.45) is 0 Å². The first-order chi connectivity index (χ1) is 12.5. The number of pyridine rings is 1. The lowest BCUT2D eigenvalue weighted by atomic mass is 9.95. The lowest BCUT2D eigenvalue weighted by molar-refractivity contribution is -0.0411. The van der Waals surface area contributed by atoms with E-state index in [1.165, 1.54) is 19.3 Å². The van der Waals surface area contributed by atoms with Crippen molar-refractivity contribution >= 4 is 28.0 Å². The van der Waals surface area contributed by atoms with Gasteiger partial charge in [0.05, 0.1) is 23.3 Å². The summed E-state index contributed by atoms with van der Waals surface area (Å²) >= 11 is 0. The minimum Gasteiger partial charge on any atom is -0.432 e. The summed E-state index contributed by atoms with van der Waals surface area (Å²) in [5, 5.41) is 0.954. The van der Waals surface area contributed by atoms with Gasteiger partial charge in [-0.15, -0.1) is 0 Å². The quantitative estimate of drug-likeness (QED) is 0.659. The fourth-order valence-electron chi connectivity index (χ4n) is 4.19. The van der Waals surface area contributed by atoms with E-state index < -0.39 is 0 Å². The SMILES string of the molecule is C[C@H]1CCCCN1c1ncnc2c1oc1nc3c(cc12)COC(C)(C)C3. The summed E-state index contributed by atoms with van der Waals surface area (Å²) in [5.74, 6) is 0.898. The van der Waals surface area contributed by atoms with Gasteiger partial charge in [0.1, 0.15) is 11.8 Å². The van der Waals surface area contributed by atoms with Crippen LogP contribution in [0.1, 0.15) is 51.3 Å². The fourth-order valence-corrected chi connectivity index (χ4v) is 4.19. The van der Waals surface area contributed by atoms with Gasteiger partial charge in [0.25, 0.3) is 0 Å². The van der Waals surface area contributed by atoms with Gasteiger partial charge in [0.2, 0.25) is 5.71 Å². The highest BCUT2D eigenvalue weighted by molar-refractivity contribution is 6.04. The standard InChI is InChI=1S/C20H24N4O2/c1-12-6-4-5-7-24(12)18-17-16(21-11-22-18)14-8-13-10-25-20(2,3)9-15(13)23-19(14)26-17/h8,11-12H,4-7,9-10H2,1-3H3/t12-/m0/s1. The summed E-state index contributed by atoms with van der Waals surface area (Å²) in [4.78, 5) is 16.3. The maximum Gasteiger partial charge on any atom is 0.229 e. The van der Waals surface area contributed by atoms with Crippen LogP contribution in [0.3, 0.4) is 0 Å². The van der Waals surface area contributed by atoms with Crippen molar-refractivity contribution < 1.29 is 9.15 Å². The van der Waals surface area contributed by atoms with Crippen molar-refractivity contribution in [3.05, 3.63) is 23.7 Å². The molecule has 1 fully saturated rings. The number of hydrogen-bond donors (Lipinski definition) is 0. The second kappa shape index (κ2) is 5.64. The third-order valence-electron chi connectivity index (χ3n) is 5.68. The summed E-state index contributed by atoms with van der Waals surface area (Å²) in [6, 6.07) is 2.60. The van der Waals surface area contributed by atoms with Crippen LogP contribution in [0, 0.1) is 0 Å². The van der Waals surface area contributed by atoms with Crippen LogP contribution in [-0.4, -0.2) is 33.1 Å². The first-order valence-electron chi connectivity index (χ1n) is 9.48.